The number of thiophene rings is 2. The first-order valence-electron chi connectivity index (χ1n) is 9.93. The Morgan fingerprint density at radius 1 is 1.30 bits per heavy atom. The SMILES string of the molecule is CCOC(=O)c1c(NC(=O)c2cc(Cn3cc(Cl)cn3)cs2)sc2c1CCCCC2. The van der Waals surface area contributed by atoms with E-state index in [0.29, 0.717) is 33.6 Å². The third-order valence-corrected chi connectivity index (χ3v) is 7.33. The third kappa shape index (κ3) is 4.61. The fraction of sp³-hybridized carbons (Fsp3) is 0.381. The molecule has 0 spiro atoms. The zero-order valence-corrected chi connectivity index (χ0v) is 19.0. The lowest BCUT2D eigenvalue weighted by atomic mass is 10.1. The van der Waals surface area contributed by atoms with Crippen LogP contribution in [-0.4, -0.2) is 28.3 Å². The van der Waals surface area contributed by atoms with E-state index in [1.165, 1.54) is 27.6 Å². The van der Waals surface area contributed by atoms with Crippen LogP contribution < -0.4 is 5.32 Å². The number of anilines is 1. The molecule has 1 aliphatic rings. The van der Waals surface area contributed by atoms with Gasteiger partial charge in [0.25, 0.3) is 5.91 Å². The molecule has 0 fully saturated rings. The normalized spacial score (nSPS) is 13.5. The Morgan fingerprint density at radius 2 is 2.13 bits per heavy atom. The number of carbonyl (C=O) groups excluding carboxylic acids is 2. The maximum Gasteiger partial charge on any atom is 0.341 e. The Hall–Kier alpha value is -2.16. The van der Waals surface area contributed by atoms with Gasteiger partial charge < -0.3 is 10.1 Å². The molecule has 1 N–H and O–H groups in total. The van der Waals surface area contributed by atoms with Gasteiger partial charge in [-0.25, -0.2) is 4.79 Å². The van der Waals surface area contributed by atoms with Crippen molar-refractivity contribution < 1.29 is 14.3 Å². The summed E-state index contributed by atoms with van der Waals surface area (Å²) in [5.41, 5.74) is 2.56. The molecule has 0 aromatic carbocycles. The fourth-order valence-electron chi connectivity index (χ4n) is 3.60. The molecule has 0 bridgehead atoms. The lowest BCUT2D eigenvalue weighted by molar-refractivity contribution is 0.0527. The summed E-state index contributed by atoms with van der Waals surface area (Å²) in [6.07, 6.45) is 8.43. The van der Waals surface area contributed by atoms with Crippen LogP contribution in [0.25, 0.3) is 0 Å². The number of nitrogens with one attached hydrogen (secondary N) is 1. The van der Waals surface area contributed by atoms with E-state index in [9.17, 15) is 9.59 Å². The molecular formula is C21H22ClN3O3S2. The summed E-state index contributed by atoms with van der Waals surface area (Å²) in [6, 6.07) is 1.85. The first kappa shape index (κ1) is 21.1. The van der Waals surface area contributed by atoms with Gasteiger partial charge in [-0.15, -0.1) is 22.7 Å². The number of carbonyl (C=O) groups is 2. The van der Waals surface area contributed by atoms with Gasteiger partial charge in [0.1, 0.15) is 5.00 Å². The summed E-state index contributed by atoms with van der Waals surface area (Å²) in [4.78, 5) is 27.3. The van der Waals surface area contributed by atoms with Crippen molar-refractivity contribution in [3.05, 3.63) is 55.3 Å². The molecule has 0 saturated heterocycles. The quantitative estimate of drug-likeness (QED) is 0.392. The molecule has 1 amide bonds. The molecule has 0 radical (unpaired) electrons. The number of esters is 1. The van der Waals surface area contributed by atoms with Crippen LogP contribution in [0.15, 0.2) is 23.8 Å². The van der Waals surface area contributed by atoms with Gasteiger partial charge in [-0.3, -0.25) is 9.48 Å². The van der Waals surface area contributed by atoms with Crippen LogP contribution in [0.3, 0.4) is 0 Å². The van der Waals surface area contributed by atoms with Gasteiger partial charge in [-0.1, -0.05) is 18.0 Å². The van der Waals surface area contributed by atoms with E-state index >= 15 is 0 Å². The Bertz CT molecular complexity index is 1070. The van der Waals surface area contributed by atoms with E-state index < -0.39 is 0 Å². The van der Waals surface area contributed by atoms with Crippen molar-refractivity contribution >= 4 is 51.2 Å². The van der Waals surface area contributed by atoms with Gasteiger partial charge in [-0.2, -0.15) is 5.10 Å². The number of aromatic nitrogens is 2. The van der Waals surface area contributed by atoms with Crippen molar-refractivity contribution in [3.8, 4) is 0 Å². The highest BCUT2D eigenvalue weighted by molar-refractivity contribution is 7.17. The number of halogens is 1. The molecule has 0 atom stereocenters. The second kappa shape index (κ2) is 9.32. The average Bonchev–Trinajstić information content (AvgIpc) is 3.38. The molecule has 6 nitrogen and oxygen atoms in total. The third-order valence-electron chi connectivity index (χ3n) is 4.95. The second-order valence-electron chi connectivity index (χ2n) is 7.12. The molecule has 3 heterocycles. The molecule has 0 unspecified atom stereocenters. The Morgan fingerprint density at radius 3 is 2.90 bits per heavy atom. The van der Waals surface area contributed by atoms with Gasteiger partial charge in [0.2, 0.25) is 0 Å². The van der Waals surface area contributed by atoms with Crippen LogP contribution in [0, 0.1) is 0 Å². The van der Waals surface area contributed by atoms with Gasteiger partial charge in [0.05, 0.1) is 34.8 Å². The number of hydrogen-bond acceptors (Lipinski definition) is 6. The molecule has 0 aliphatic heterocycles. The molecular weight excluding hydrogens is 442 g/mol. The zero-order valence-electron chi connectivity index (χ0n) is 16.6. The minimum Gasteiger partial charge on any atom is -0.462 e. The van der Waals surface area contributed by atoms with E-state index in [-0.39, 0.29) is 11.9 Å². The van der Waals surface area contributed by atoms with Crippen LogP contribution in [0.4, 0.5) is 5.00 Å². The topological polar surface area (TPSA) is 73.2 Å². The summed E-state index contributed by atoms with van der Waals surface area (Å²) in [5, 5.41) is 10.2. The van der Waals surface area contributed by atoms with Crippen LogP contribution in [-0.2, 0) is 24.1 Å². The molecule has 1 aliphatic carbocycles. The molecule has 158 valence electrons. The van der Waals surface area contributed by atoms with Crippen LogP contribution in [0.1, 0.15) is 62.2 Å². The first-order valence-corrected chi connectivity index (χ1v) is 12.0. The van der Waals surface area contributed by atoms with Crippen molar-refractivity contribution in [2.24, 2.45) is 0 Å². The summed E-state index contributed by atoms with van der Waals surface area (Å²) >= 11 is 8.78. The number of rotatable bonds is 6. The van der Waals surface area contributed by atoms with E-state index in [2.05, 4.69) is 10.4 Å². The number of amides is 1. The fourth-order valence-corrected chi connectivity index (χ4v) is 5.83. The maximum atomic E-state index is 12.9. The van der Waals surface area contributed by atoms with Crippen molar-refractivity contribution in [3.63, 3.8) is 0 Å². The van der Waals surface area contributed by atoms with Gasteiger partial charge in [0, 0.05) is 11.1 Å². The average molecular weight is 464 g/mol. The van der Waals surface area contributed by atoms with Crippen molar-refractivity contribution in [1.82, 2.24) is 9.78 Å². The minimum atomic E-state index is -0.352. The summed E-state index contributed by atoms with van der Waals surface area (Å²) in [6.45, 7) is 2.64. The molecule has 4 rings (SSSR count). The highest BCUT2D eigenvalue weighted by Gasteiger charge is 2.27. The predicted molar refractivity (Wildman–Crippen MR) is 120 cm³/mol. The highest BCUT2D eigenvalue weighted by Crippen LogP contribution is 2.38. The number of ether oxygens (including phenoxy) is 1. The van der Waals surface area contributed by atoms with E-state index in [1.54, 1.807) is 24.0 Å². The summed E-state index contributed by atoms with van der Waals surface area (Å²) < 4.78 is 7.02. The van der Waals surface area contributed by atoms with Crippen LogP contribution in [0.5, 0.6) is 0 Å². The monoisotopic (exact) mass is 463 g/mol. The summed E-state index contributed by atoms with van der Waals surface area (Å²) in [5.74, 6) is -0.568. The predicted octanol–water partition coefficient (Wildman–Crippen LogP) is 5.41. The molecule has 0 saturated carbocycles. The second-order valence-corrected chi connectivity index (χ2v) is 9.57. The number of hydrogen-bond donors (Lipinski definition) is 1. The number of nitrogens with zero attached hydrogens (tertiary/aromatic N) is 2. The summed E-state index contributed by atoms with van der Waals surface area (Å²) in [7, 11) is 0. The first-order chi connectivity index (χ1) is 14.5. The van der Waals surface area contributed by atoms with Crippen LogP contribution in [0.2, 0.25) is 5.02 Å². The largest absolute Gasteiger partial charge is 0.462 e. The number of fused-ring (bicyclic) bond motifs is 1. The highest BCUT2D eigenvalue weighted by atomic mass is 35.5. The van der Waals surface area contributed by atoms with Gasteiger partial charge in [-0.05, 0) is 55.2 Å². The lowest BCUT2D eigenvalue weighted by Gasteiger charge is -2.08. The smallest absolute Gasteiger partial charge is 0.341 e. The molecule has 3 aromatic rings. The van der Waals surface area contributed by atoms with Crippen molar-refractivity contribution in [1.29, 1.82) is 0 Å². The van der Waals surface area contributed by atoms with E-state index in [1.807, 2.05) is 11.4 Å². The molecule has 3 aromatic heterocycles. The molecule has 30 heavy (non-hydrogen) atoms. The van der Waals surface area contributed by atoms with E-state index in [0.717, 1.165) is 43.2 Å². The van der Waals surface area contributed by atoms with Gasteiger partial charge >= 0.3 is 5.97 Å². The van der Waals surface area contributed by atoms with Crippen molar-refractivity contribution in [2.45, 2.75) is 45.6 Å². The standard InChI is InChI=1S/C21H22ClN3O3S2/c1-2-28-21(27)18-15-6-4-3-5-7-16(15)30-20(18)24-19(26)17-8-13(12-29-17)10-25-11-14(22)9-23-25/h8-9,11-12H,2-7,10H2,1H3,(H,24,26). The maximum absolute atomic E-state index is 12.9. The Balaban J connectivity index is 1.55. The van der Waals surface area contributed by atoms with Gasteiger partial charge in [0.15, 0.2) is 0 Å². The lowest BCUT2D eigenvalue weighted by Crippen LogP contribution is -2.14. The molecule has 9 heteroatoms. The Kier molecular flexibility index (Phi) is 6.55. The van der Waals surface area contributed by atoms with Crippen molar-refractivity contribution in [2.75, 3.05) is 11.9 Å². The Labute approximate surface area is 187 Å². The van der Waals surface area contributed by atoms with E-state index in [4.69, 9.17) is 16.3 Å². The number of aryl methyl sites for hydroxylation is 1. The minimum absolute atomic E-state index is 0.216. The zero-order chi connectivity index (χ0) is 21.1. The van der Waals surface area contributed by atoms with Crippen LogP contribution >= 0.6 is 34.3 Å².